The van der Waals surface area contributed by atoms with Crippen LogP contribution in [0, 0.1) is 5.92 Å². The van der Waals surface area contributed by atoms with E-state index in [1.165, 1.54) is 5.69 Å². The van der Waals surface area contributed by atoms with Crippen LogP contribution in [-0.2, 0) is 0 Å². The molecule has 1 atom stereocenters. The van der Waals surface area contributed by atoms with Crippen molar-refractivity contribution in [2.45, 2.75) is 6.42 Å². The second-order valence-electron chi connectivity index (χ2n) is 6.68. The van der Waals surface area contributed by atoms with Crippen LogP contribution in [0.4, 0.5) is 5.69 Å². The lowest BCUT2D eigenvalue weighted by Crippen LogP contribution is -2.31. The normalized spacial score (nSPS) is 16.6. The summed E-state index contributed by atoms with van der Waals surface area (Å²) in [4.78, 5) is 15.0. The van der Waals surface area contributed by atoms with Crippen molar-refractivity contribution in [2.75, 3.05) is 24.5 Å². The second kappa shape index (κ2) is 7.48. The molecule has 1 fully saturated rings. The molecular weight excluding hydrogens is 324 g/mol. The lowest BCUT2D eigenvalue weighted by Gasteiger charge is -2.18. The first-order valence-corrected chi connectivity index (χ1v) is 9.02. The number of carbonyl (C=O) groups excluding carboxylic acids is 1. The molecule has 1 aromatic heterocycles. The van der Waals surface area contributed by atoms with Gasteiger partial charge in [0.15, 0.2) is 5.76 Å². The fourth-order valence-corrected chi connectivity index (χ4v) is 3.52. The Kier molecular flexibility index (Phi) is 4.73. The van der Waals surface area contributed by atoms with E-state index in [9.17, 15) is 4.79 Å². The molecule has 1 N–H and O–H groups in total. The summed E-state index contributed by atoms with van der Waals surface area (Å²) in [6.07, 6.45) is 2.66. The molecule has 2 heterocycles. The Morgan fingerprint density at radius 2 is 1.77 bits per heavy atom. The third kappa shape index (κ3) is 3.49. The van der Waals surface area contributed by atoms with Gasteiger partial charge in [0.25, 0.3) is 5.91 Å². The standard InChI is InChI=1S/C22H22N2O2/c25-22(21-20(12-14-26-21)18-7-3-1-4-8-18)23-15-17-11-13-24(16-17)19-9-5-2-6-10-19/h1-10,12,14,17H,11,13,15-16H2,(H,23,25)/t17-/m0/s1. The number of anilines is 1. The van der Waals surface area contributed by atoms with Crippen molar-refractivity contribution in [3.8, 4) is 11.1 Å². The van der Waals surface area contributed by atoms with Gasteiger partial charge in [-0.1, -0.05) is 48.5 Å². The molecule has 1 saturated heterocycles. The van der Waals surface area contributed by atoms with Crippen LogP contribution >= 0.6 is 0 Å². The minimum absolute atomic E-state index is 0.146. The maximum Gasteiger partial charge on any atom is 0.287 e. The summed E-state index contributed by atoms with van der Waals surface area (Å²) in [5.41, 5.74) is 3.07. The highest BCUT2D eigenvalue weighted by molar-refractivity contribution is 5.98. The van der Waals surface area contributed by atoms with Gasteiger partial charge in [0, 0.05) is 30.9 Å². The highest BCUT2D eigenvalue weighted by Gasteiger charge is 2.24. The number of para-hydroxylation sites is 1. The molecule has 4 nitrogen and oxygen atoms in total. The predicted octanol–water partition coefficient (Wildman–Crippen LogP) is 4.20. The van der Waals surface area contributed by atoms with Crippen LogP contribution in [0.3, 0.4) is 0 Å². The molecule has 1 aliphatic heterocycles. The Morgan fingerprint density at radius 1 is 1.04 bits per heavy atom. The minimum atomic E-state index is -0.146. The molecule has 26 heavy (non-hydrogen) atoms. The molecule has 1 amide bonds. The van der Waals surface area contributed by atoms with Crippen molar-refractivity contribution < 1.29 is 9.21 Å². The average molecular weight is 346 g/mol. The molecule has 0 saturated carbocycles. The SMILES string of the molecule is O=C(NC[C@@H]1CCN(c2ccccc2)C1)c1occc1-c1ccccc1. The Bertz CT molecular complexity index is 858. The molecule has 0 spiro atoms. The molecular formula is C22H22N2O2. The smallest absolute Gasteiger partial charge is 0.287 e. The number of hydrogen-bond donors (Lipinski definition) is 1. The van der Waals surface area contributed by atoms with Crippen LogP contribution in [-0.4, -0.2) is 25.5 Å². The molecule has 0 aliphatic carbocycles. The summed E-state index contributed by atoms with van der Waals surface area (Å²) in [6, 6.07) is 22.1. The van der Waals surface area contributed by atoms with Gasteiger partial charge >= 0.3 is 0 Å². The number of amides is 1. The van der Waals surface area contributed by atoms with E-state index in [1.54, 1.807) is 6.26 Å². The Balaban J connectivity index is 1.36. The maximum absolute atomic E-state index is 12.6. The Labute approximate surface area is 153 Å². The number of benzene rings is 2. The van der Waals surface area contributed by atoms with Crippen LogP contribution in [0.15, 0.2) is 77.4 Å². The number of hydrogen-bond acceptors (Lipinski definition) is 3. The van der Waals surface area contributed by atoms with Crippen molar-refractivity contribution in [3.05, 3.63) is 78.8 Å². The lowest BCUT2D eigenvalue weighted by molar-refractivity contribution is 0.0921. The molecule has 132 valence electrons. The second-order valence-corrected chi connectivity index (χ2v) is 6.68. The van der Waals surface area contributed by atoms with E-state index in [0.29, 0.717) is 18.2 Å². The van der Waals surface area contributed by atoms with Gasteiger partial charge in [-0.25, -0.2) is 0 Å². The van der Waals surface area contributed by atoms with E-state index in [2.05, 4.69) is 34.5 Å². The van der Waals surface area contributed by atoms with Crippen LogP contribution in [0.1, 0.15) is 17.0 Å². The lowest BCUT2D eigenvalue weighted by atomic mass is 10.1. The number of carbonyl (C=O) groups is 1. The molecule has 4 rings (SSSR count). The molecule has 0 bridgehead atoms. The van der Waals surface area contributed by atoms with Crippen molar-refractivity contribution in [2.24, 2.45) is 5.92 Å². The molecule has 0 unspecified atom stereocenters. The molecule has 2 aromatic carbocycles. The fraction of sp³-hybridized carbons (Fsp3) is 0.227. The predicted molar refractivity (Wildman–Crippen MR) is 103 cm³/mol. The van der Waals surface area contributed by atoms with E-state index in [-0.39, 0.29) is 5.91 Å². The van der Waals surface area contributed by atoms with Crippen LogP contribution < -0.4 is 10.2 Å². The van der Waals surface area contributed by atoms with E-state index in [0.717, 1.165) is 30.6 Å². The average Bonchev–Trinajstić information content (AvgIpc) is 3.37. The third-order valence-electron chi connectivity index (χ3n) is 4.91. The van der Waals surface area contributed by atoms with E-state index < -0.39 is 0 Å². The van der Waals surface area contributed by atoms with Gasteiger partial charge in [-0.15, -0.1) is 0 Å². The topological polar surface area (TPSA) is 45.5 Å². The van der Waals surface area contributed by atoms with E-state index in [4.69, 9.17) is 4.42 Å². The Hall–Kier alpha value is -3.01. The number of nitrogens with zero attached hydrogens (tertiary/aromatic N) is 1. The van der Waals surface area contributed by atoms with E-state index >= 15 is 0 Å². The third-order valence-corrected chi connectivity index (χ3v) is 4.91. The summed E-state index contributed by atoms with van der Waals surface area (Å²) in [6.45, 7) is 2.66. The first-order chi connectivity index (χ1) is 12.8. The van der Waals surface area contributed by atoms with E-state index in [1.807, 2.05) is 42.5 Å². The summed E-state index contributed by atoms with van der Waals surface area (Å²) in [7, 11) is 0. The van der Waals surface area contributed by atoms with Gasteiger partial charge < -0.3 is 14.6 Å². The van der Waals surface area contributed by atoms with Crippen molar-refractivity contribution in [1.29, 1.82) is 0 Å². The maximum atomic E-state index is 12.6. The van der Waals surface area contributed by atoms with Gasteiger partial charge in [0.05, 0.1) is 6.26 Å². The van der Waals surface area contributed by atoms with Gasteiger partial charge in [0.2, 0.25) is 0 Å². The van der Waals surface area contributed by atoms with Crippen molar-refractivity contribution >= 4 is 11.6 Å². The molecule has 3 aromatic rings. The largest absolute Gasteiger partial charge is 0.459 e. The molecule has 4 heteroatoms. The highest BCUT2D eigenvalue weighted by Crippen LogP contribution is 2.25. The summed E-state index contributed by atoms with van der Waals surface area (Å²) >= 11 is 0. The zero-order valence-corrected chi connectivity index (χ0v) is 14.6. The Morgan fingerprint density at radius 3 is 2.54 bits per heavy atom. The number of rotatable bonds is 5. The van der Waals surface area contributed by atoms with Crippen LogP contribution in [0.25, 0.3) is 11.1 Å². The molecule has 0 radical (unpaired) electrons. The van der Waals surface area contributed by atoms with Crippen LogP contribution in [0.5, 0.6) is 0 Å². The van der Waals surface area contributed by atoms with Crippen molar-refractivity contribution in [1.82, 2.24) is 5.32 Å². The van der Waals surface area contributed by atoms with Gasteiger partial charge in [-0.2, -0.15) is 0 Å². The van der Waals surface area contributed by atoms with Crippen LogP contribution in [0.2, 0.25) is 0 Å². The summed E-state index contributed by atoms with van der Waals surface area (Å²) in [5, 5.41) is 3.05. The zero-order valence-electron chi connectivity index (χ0n) is 14.6. The minimum Gasteiger partial charge on any atom is -0.459 e. The van der Waals surface area contributed by atoms with Gasteiger partial charge in [-0.3, -0.25) is 4.79 Å². The number of furan rings is 1. The monoisotopic (exact) mass is 346 g/mol. The quantitative estimate of drug-likeness (QED) is 0.753. The first kappa shape index (κ1) is 16.5. The summed E-state index contributed by atoms with van der Waals surface area (Å²) < 4.78 is 5.46. The first-order valence-electron chi connectivity index (χ1n) is 9.02. The summed E-state index contributed by atoms with van der Waals surface area (Å²) in [5.74, 6) is 0.690. The highest BCUT2D eigenvalue weighted by atomic mass is 16.3. The van der Waals surface area contributed by atoms with Crippen molar-refractivity contribution in [3.63, 3.8) is 0 Å². The zero-order chi connectivity index (χ0) is 17.8. The fourth-order valence-electron chi connectivity index (χ4n) is 3.52. The van der Waals surface area contributed by atoms with Gasteiger partial charge in [0.1, 0.15) is 0 Å². The number of nitrogens with one attached hydrogen (secondary N) is 1. The van der Waals surface area contributed by atoms with Gasteiger partial charge in [-0.05, 0) is 36.1 Å². The molecule has 1 aliphatic rings.